The second kappa shape index (κ2) is 8.19. The maximum absolute atomic E-state index is 13.5. The van der Waals surface area contributed by atoms with Gasteiger partial charge in [-0.2, -0.15) is 0 Å². The van der Waals surface area contributed by atoms with Crippen molar-refractivity contribution in [3.05, 3.63) is 82.0 Å². The molecule has 0 spiro atoms. The van der Waals surface area contributed by atoms with E-state index < -0.39 is 11.8 Å². The number of hydrogen-bond acceptors (Lipinski definition) is 7. The normalized spacial score (nSPS) is 16.8. The molecule has 6 rings (SSSR count). The van der Waals surface area contributed by atoms with Crippen LogP contribution in [0.3, 0.4) is 0 Å². The molecule has 2 amide bonds. The Kier molecular flexibility index (Phi) is 5.00. The lowest BCUT2D eigenvalue weighted by Crippen LogP contribution is -2.44. The number of nitrogens with zero attached hydrogens (tertiary/aromatic N) is 3. The molecule has 0 saturated carbocycles. The Balaban J connectivity index is 1.33. The van der Waals surface area contributed by atoms with Crippen LogP contribution in [0, 0.1) is 0 Å². The van der Waals surface area contributed by atoms with Crippen molar-refractivity contribution in [1.82, 2.24) is 14.9 Å². The van der Waals surface area contributed by atoms with Crippen LogP contribution in [0.2, 0.25) is 0 Å². The minimum Gasteiger partial charge on any atom is -0.383 e. The Bertz CT molecular complexity index is 1450. The molecule has 3 N–H and O–H groups in total. The molecule has 1 unspecified atom stereocenters. The van der Waals surface area contributed by atoms with Crippen molar-refractivity contribution in [2.24, 2.45) is 0 Å². The van der Waals surface area contributed by atoms with Gasteiger partial charge in [-0.1, -0.05) is 30.3 Å². The molecule has 2 aromatic carbocycles. The molecule has 0 aliphatic carbocycles. The third-order valence-electron chi connectivity index (χ3n) is 6.52. The van der Waals surface area contributed by atoms with Gasteiger partial charge in [0, 0.05) is 17.7 Å². The summed E-state index contributed by atoms with van der Waals surface area (Å²) in [6.07, 6.45) is 2.10. The first-order valence-electron chi connectivity index (χ1n) is 10.9. The van der Waals surface area contributed by atoms with Gasteiger partial charge in [0.15, 0.2) is 0 Å². The smallest absolute Gasteiger partial charge is 0.313 e. The number of ether oxygens (including phenoxy) is 1. The second-order valence-electron chi connectivity index (χ2n) is 8.46. The molecule has 8 nitrogen and oxygen atoms in total. The molecule has 0 bridgehead atoms. The Morgan fingerprint density at radius 1 is 1.09 bits per heavy atom. The van der Waals surface area contributed by atoms with E-state index in [0.717, 1.165) is 32.5 Å². The molecule has 2 aliphatic rings. The van der Waals surface area contributed by atoms with Gasteiger partial charge in [0.25, 0.3) is 0 Å². The number of carbonyl (C=O) groups excluding carboxylic acids is 2. The van der Waals surface area contributed by atoms with E-state index in [0.29, 0.717) is 37.7 Å². The monoisotopic (exact) mass is 471 g/mol. The molecule has 170 valence electrons. The predicted octanol–water partition coefficient (Wildman–Crippen LogP) is 3.57. The lowest BCUT2D eigenvalue weighted by Gasteiger charge is -2.37. The Hall–Kier alpha value is -3.82. The maximum atomic E-state index is 13.5. The standard InChI is InChI=1S/C25H21N5O3S/c26-23-18-12-33-11-17(18)20(9-27-23)29-24(31)25(32)30-10-16-4-2-1-3-14(16)8-21(30)15-5-6-22-19(7-15)28-13-34-22/h1-7,9,13,21H,8,10-12H2,(H2,26,27)(H,29,31). The number of nitrogen functional groups attached to an aromatic ring is 1. The number of amides is 2. The van der Waals surface area contributed by atoms with Gasteiger partial charge >= 0.3 is 11.8 Å². The molecule has 34 heavy (non-hydrogen) atoms. The minimum atomic E-state index is -0.709. The highest BCUT2D eigenvalue weighted by Gasteiger charge is 2.35. The third kappa shape index (κ3) is 3.49. The number of aromatic nitrogens is 2. The molecule has 4 heterocycles. The molecule has 0 fully saturated rings. The number of carbonyl (C=O) groups is 2. The quantitative estimate of drug-likeness (QED) is 0.433. The highest BCUT2D eigenvalue weighted by Crippen LogP contribution is 2.35. The molecule has 4 aromatic rings. The van der Waals surface area contributed by atoms with Crippen molar-refractivity contribution in [1.29, 1.82) is 0 Å². The van der Waals surface area contributed by atoms with E-state index in [1.165, 1.54) is 11.8 Å². The fourth-order valence-corrected chi connectivity index (χ4v) is 5.38. The van der Waals surface area contributed by atoms with Gasteiger partial charge in [-0.25, -0.2) is 9.97 Å². The van der Waals surface area contributed by atoms with Crippen LogP contribution in [0.4, 0.5) is 11.5 Å². The average molecular weight is 472 g/mol. The number of hydrogen-bond donors (Lipinski definition) is 2. The number of rotatable bonds is 2. The average Bonchev–Trinajstić information content (AvgIpc) is 3.54. The van der Waals surface area contributed by atoms with Crippen LogP contribution in [0.15, 0.2) is 54.2 Å². The highest BCUT2D eigenvalue weighted by atomic mass is 32.1. The number of anilines is 2. The number of pyridine rings is 1. The largest absolute Gasteiger partial charge is 0.383 e. The summed E-state index contributed by atoms with van der Waals surface area (Å²) in [6.45, 7) is 1.01. The van der Waals surface area contributed by atoms with E-state index in [4.69, 9.17) is 10.5 Å². The van der Waals surface area contributed by atoms with Crippen molar-refractivity contribution >= 4 is 44.9 Å². The topological polar surface area (TPSA) is 110 Å². The third-order valence-corrected chi connectivity index (χ3v) is 7.33. The summed E-state index contributed by atoms with van der Waals surface area (Å²) in [5.41, 5.74) is 13.8. The highest BCUT2D eigenvalue weighted by molar-refractivity contribution is 7.16. The van der Waals surface area contributed by atoms with Gasteiger partial charge in [0.1, 0.15) is 5.82 Å². The fourth-order valence-electron chi connectivity index (χ4n) is 4.72. The van der Waals surface area contributed by atoms with Gasteiger partial charge in [-0.05, 0) is 35.2 Å². The van der Waals surface area contributed by atoms with Crippen LogP contribution in [0.1, 0.15) is 33.9 Å². The van der Waals surface area contributed by atoms with Gasteiger partial charge < -0.3 is 20.7 Å². The number of thiazole rings is 1. The van der Waals surface area contributed by atoms with E-state index in [-0.39, 0.29) is 6.04 Å². The number of benzene rings is 2. The van der Waals surface area contributed by atoms with Crippen LogP contribution in [0.5, 0.6) is 0 Å². The molecule has 2 aromatic heterocycles. The molecule has 0 radical (unpaired) electrons. The van der Waals surface area contributed by atoms with Crippen LogP contribution in [0.25, 0.3) is 10.2 Å². The van der Waals surface area contributed by atoms with Crippen LogP contribution >= 0.6 is 11.3 Å². The predicted molar refractivity (Wildman–Crippen MR) is 129 cm³/mol. The summed E-state index contributed by atoms with van der Waals surface area (Å²) in [5.74, 6) is -0.927. The summed E-state index contributed by atoms with van der Waals surface area (Å²) in [7, 11) is 0. The maximum Gasteiger partial charge on any atom is 0.313 e. The van der Waals surface area contributed by atoms with Crippen molar-refractivity contribution in [2.75, 3.05) is 11.1 Å². The SMILES string of the molecule is Nc1ncc(NC(=O)C(=O)N2Cc3ccccc3CC2c2ccc3scnc3c2)c2c1COC2. The molecule has 0 saturated heterocycles. The molecule has 1 atom stereocenters. The Morgan fingerprint density at radius 2 is 1.91 bits per heavy atom. The van der Waals surface area contributed by atoms with Crippen LogP contribution in [-0.2, 0) is 40.5 Å². The van der Waals surface area contributed by atoms with Gasteiger partial charge in [-0.15, -0.1) is 11.3 Å². The molecule has 9 heteroatoms. The zero-order valence-corrected chi connectivity index (χ0v) is 19.0. The van der Waals surface area contributed by atoms with E-state index in [1.807, 2.05) is 41.9 Å². The van der Waals surface area contributed by atoms with E-state index in [1.54, 1.807) is 16.2 Å². The number of nitrogens with two attached hydrogens (primary N) is 1. The van der Waals surface area contributed by atoms with Gasteiger partial charge in [-0.3, -0.25) is 9.59 Å². The van der Waals surface area contributed by atoms with Crippen molar-refractivity contribution in [3.8, 4) is 0 Å². The lowest BCUT2D eigenvalue weighted by molar-refractivity contribution is -0.145. The zero-order valence-electron chi connectivity index (χ0n) is 18.2. The summed E-state index contributed by atoms with van der Waals surface area (Å²) in [5, 5.41) is 2.75. The van der Waals surface area contributed by atoms with Crippen LogP contribution in [-0.4, -0.2) is 26.7 Å². The van der Waals surface area contributed by atoms with Crippen LogP contribution < -0.4 is 11.1 Å². The van der Waals surface area contributed by atoms with E-state index in [2.05, 4.69) is 21.4 Å². The molecule has 2 aliphatic heterocycles. The van der Waals surface area contributed by atoms with E-state index >= 15 is 0 Å². The molecular weight excluding hydrogens is 450 g/mol. The Morgan fingerprint density at radius 3 is 2.79 bits per heavy atom. The summed E-state index contributed by atoms with van der Waals surface area (Å²) < 4.78 is 6.55. The Labute approximate surface area is 199 Å². The summed E-state index contributed by atoms with van der Waals surface area (Å²) >= 11 is 1.57. The van der Waals surface area contributed by atoms with Crippen molar-refractivity contribution in [2.45, 2.75) is 32.2 Å². The van der Waals surface area contributed by atoms with Crippen molar-refractivity contribution < 1.29 is 14.3 Å². The minimum absolute atomic E-state index is 0.280. The number of nitrogens with one attached hydrogen (secondary N) is 1. The zero-order chi connectivity index (χ0) is 23.2. The van der Waals surface area contributed by atoms with Gasteiger partial charge in [0.05, 0.1) is 46.9 Å². The summed E-state index contributed by atoms with van der Waals surface area (Å²) in [6, 6.07) is 13.8. The first-order valence-corrected chi connectivity index (χ1v) is 11.8. The fraction of sp³-hybridized carbons (Fsp3) is 0.200. The second-order valence-corrected chi connectivity index (χ2v) is 9.35. The molecular formula is C25H21N5O3S. The first kappa shape index (κ1) is 20.8. The lowest BCUT2D eigenvalue weighted by atomic mass is 9.89. The first-order chi connectivity index (χ1) is 16.6. The van der Waals surface area contributed by atoms with E-state index in [9.17, 15) is 9.59 Å². The number of fused-ring (bicyclic) bond motifs is 3. The summed E-state index contributed by atoms with van der Waals surface area (Å²) in [4.78, 5) is 36.9. The van der Waals surface area contributed by atoms with Crippen molar-refractivity contribution in [3.63, 3.8) is 0 Å². The van der Waals surface area contributed by atoms with Gasteiger partial charge in [0.2, 0.25) is 0 Å².